The van der Waals surface area contributed by atoms with Gasteiger partial charge in [0.1, 0.15) is 0 Å². The fraction of sp³-hybridized carbons (Fsp3) is 0.500. The van der Waals surface area contributed by atoms with Crippen molar-refractivity contribution in [2.24, 2.45) is 11.3 Å². The zero-order chi connectivity index (χ0) is 27.2. The molecule has 38 heavy (non-hydrogen) atoms. The van der Waals surface area contributed by atoms with Crippen molar-refractivity contribution < 1.29 is 13.2 Å². The molecule has 1 aliphatic heterocycles. The molecule has 4 atom stereocenters. The van der Waals surface area contributed by atoms with Crippen LogP contribution in [0.5, 0.6) is 0 Å². The molecule has 2 saturated carbocycles. The average Bonchev–Trinajstić information content (AvgIpc) is 3.78. The summed E-state index contributed by atoms with van der Waals surface area (Å²) in [6.45, 7) is 6.28. The van der Waals surface area contributed by atoms with Crippen LogP contribution in [0, 0.1) is 11.3 Å². The predicted octanol–water partition coefficient (Wildman–Crippen LogP) is 6.84. The maximum Gasteiger partial charge on any atom is 0.229 e. The topological polar surface area (TPSA) is 57.7 Å². The summed E-state index contributed by atoms with van der Waals surface area (Å²) in [6.07, 6.45) is 6.40. The Kier molecular flexibility index (Phi) is 7.73. The van der Waals surface area contributed by atoms with Gasteiger partial charge in [-0.1, -0.05) is 60.5 Å². The lowest BCUT2D eigenvalue weighted by Crippen LogP contribution is -2.58. The molecule has 0 spiro atoms. The van der Waals surface area contributed by atoms with Crippen LogP contribution >= 0.6 is 23.2 Å². The van der Waals surface area contributed by atoms with Gasteiger partial charge in [-0.05, 0) is 79.8 Å². The van der Waals surface area contributed by atoms with Gasteiger partial charge in [0.2, 0.25) is 15.9 Å². The first-order valence-electron chi connectivity index (χ1n) is 13.4. The Bertz CT molecular complexity index is 1310. The summed E-state index contributed by atoms with van der Waals surface area (Å²) in [4.78, 5) is 16.6. The van der Waals surface area contributed by atoms with Crippen LogP contribution in [0.2, 0.25) is 10.0 Å². The number of sulfonamides is 1. The highest BCUT2D eigenvalue weighted by atomic mass is 35.5. The van der Waals surface area contributed by atoms with E-state index in [1.54, 1.807) is 7.05 Å². The number of amides is 1. The highest BCUT2D eigenvalue weighted by molar-refractivity contribution is 7.90. The van der Waals surface area contributed by atoms with E-state index in [0.717, 1.165) is 24.0 Å². The molecule has 3 aliphatic rings. The number of allylic oxidation sites excluding steroid dienone is 1. The Morgan fingerprint density at radius 3 is 2.34 bits per heavy atom. The lowest BCUT2D eigenvalue weighted by Gasteiger charge is -2.52. The second-order valence-electron chi connectivity index (χ2n) is 11.6. The Hall–Kier alpha value is -1.86. The third-order valence-electron chi connectivity index (χ3n) is 8.53. The first kappa shape index (κ1) is 27.7. The molecule has 3 fully saturated rings. The maximum absolute atomic E-state index is 14.5. The SMILES string of the molecule is C=CCC1(C)C[C@H](c2cccc(Cl)c2)[C@@H](c2ccc(Cl)cc2)N(C(CN(C)S(=O)(=O)C2CC2)C2CC2)C1=O. The van der Waals surface area contributed by atoms with E-state index in [2.05, 4.69) is 12.6 Å². The third kappa shape index (κ3) is 5.42. The maximum atomic E-state index is 14.5. The minimum atomic E-state index is -3.38. The predicted molar refractivity (Wildman–Crippen MR) is 154 cm³/mol. The zero-order valence-electron chi connectivity index (χ0n) is 22.0. The number of carbonyl (C=O) groups excluding carboxylic acids is 1. The van der Waals surface area contributed by atoms with Gasteiger partial charge in [-0.15, -0.1) is 6.58 Å². The number of piperidine rings is 1. The molecule has 8 heteroatoms. The van der Waals surface area contributed by atoms with E-state index in [9.17, 15) is 13.2 Å². The molecule has 5 nitrogen and oxygen atoms in total. The summed E-state index contributed by atoms with van der Waals surface area (Å²) < 4.78 is 27.8. The summed E-state index contributed by atoms with van der Waals surface area (Å²) >= 11 is 12.7. The second kappa shape index (κ2) is 10.6. The Balaban J connectivity index is 1.64. The van der Waals surface area contributed by atoms with E-state index in [1.165, 1.54) is 4.31 Å². The van der Waals surface area contributed by atoms with E-state index in [0.29, 0.717) is 42.3 Å². The Morgan fingerprint density at radius 2 is 1.76 bits per heavy atom. The number of likely N-dealkylation sites (N-methyl/N-ethyl adjacent to an activating group) is 1. The Morgan fingerprint density at radius 1 is 1.08 bits per heavy atom. The lowest BCUT2D eigenvalue weighted by molar-refractivity contribution is -0.155. The molecule has 204 valence electrons. The van der Waals surface area contributed by atoms with E-state index >= 15 is 0 Å². The molecule has 1 amide bonds. The number of hydrogen-bond acceptors (Lipinski definition) is 3. The molecule has 1 heterocycles. The van der Waals surface area contributed by atoms with E-state index in [4.69, 9.17) is 23.2 Å². The van der Waals surface area contributed by atoms with Crippen molar-refractivity contribution in [1.82, 2.24) is 9.21 Å². The molecule has 0 bridgehead atoms. The molecule has 2 aromatic carbocycles. The van der Waals surface area contributed by atoms with Gasteiger partial charge in [0, 0.05) is 35.6 Å². The number of hydrogen-bond donors (Lipinski definition) is 0. The van der Waals surface area contributed by atoms with Gasteiger partial charge in [0.05, 0.1) is 16.7 Å². The minimum absolute atomic E-state index is 0.0379. The van der Waals surface area contributed by atoms with Crippen molar-refractivity contribution >= 4 is 39.1 Å². The fourth-order valence-corrected chi connectivity index (χ4v) is 8.11. The highest BCUT2D eigenvalue weighted by Gasteiger charge is 2.54. The molecule has 2 unspecified atom stereocenters. The third-order valence-corrected chi connectivity index (χ3v) is 11.4. The van der Waals surface area contributed by atoms with Gasteiger partial charge in [0.25, 0.3) is 0 Å². The van der Waals surface area contributed by atoms with Crippen molar-refractivity contribution in [3.8, 4) is 0 Å². The zero-order valence-corrected chi connectivity index (χ0v) is 24.4. The Labute approximate surface area is 236 Å². The number of nitrogens with zero attached hydrogens (tertiary/aromatic N) is 2. The van der Waals surface area contributed by atoms with Crippen LogP contribution in [-0.2, 0) is 14.8 Å². The van der Waals surface area contributed by atoms with Crippen LogP contribution in [-0.4, -0.2) is 48.4 Å². The number of benzene rings is 2. The van der Waals surface area contributed by atoms with Crippen LogP contribution in [0.3, 0.4) is 0 Å². The van der Waals surface area contributed by atoms with Crippen molar-refractivity contribution in [2.45, 2.75) is 68.7 Å². The summed E-state index contributed by atoms with van der Waals surface area (Å²) in [7, 11) is -1.70. The van der Waals surface area contributed by atoms with E-state index in [1.807, 2.05) is 60.4 Å². The molecular formula is C30H36Cl2N2O3S. The first-order valence-corrected chi connectivity index (χ1v) is 15.7. The van der Waals surface area contributed by atoms with Crippen molar-refractivity contribution in [2.75, 3.05) is 13.6 Å². The molecule has 5 rings (SSSR count). The highest BCUT2D eigenvalue weighted by Crippen LogP contribution is 2.54. The number of likely N-dealkylation sites (tertiary alicyclic amines) is 1. The van der Waals surface area contributed by atoms with Crippen molar-refractivity contribution in [3.05, 3.63) is 82.4 Å². The number of rotatable bonds is 10. The molecule has 0 N–H and O–H groups in total. The standard InChI is InChI=1S/C30H36Cl2N2O3S/c1-4-16-30(2)18-26(22-6-5-7-24(32)17-22)28(21-10-12-23(31)13-11-21)34(29(30)35)27(20-8-9-20)19-33(3)38(36,37)25-14-15-25/h4-7,10-13,17,20,25-28H,1,8-9,14-16,18-19H2,2-3H3/t26-,27?,28-,30?/m1/s1. The quantitative estimate of drug-likeness (QED) is 0.292. The van der Waals surface area contributed by atoms with E-state index in [-0.39, 0.29) is 35.1 Å². The molecule has 2 aliphatic carbocycles. The largest absolute Gasteiger partial charge is 0.330 e. The average molecular weight is 576 g/mol. The fourth-order valence-electron chi connectivity index (χ4n) is 6.19. The van der Waals surface area contributed by atoms with Crippen molar-refractivity contribution in [1.29, 1.82) is 0 Å². The van der Waals surface area contributed by atoms with Crippen LogP contribution in [0.1, 0.15) is 68.5 Å². The molecule has 1 saturated heterocycles. The van der Waals surface area contributed by atoms with Crippen LogP contribution in [0.4, 0.5) is 0 Å². The van der Waals surface area contributed by atoms with Crippen LogP contribution in [0.25, 0.3) is 0 Å². The minimum Gasteiger partial charge on any atom is -0.330 e. The van der Waals surface area contributed by atoms with Crippen molar-refractivity contribution in [3.63, 3.8) is 0 Å². The summed E-state index contributed by atoms with van der Waals surface area (Å²) in [6, 6.07) is 15.1. The smallest absolute Gasteiger partial charge is 0.229 e. The van der Waals surface area contributed by atoms with E-state index < -0.39 is 15.4 Å². The summed E-state index contributed by atoms with van der Waals surface area (Å²) in [5, 5.41) is 0.995. The summed E-state index contributed by atoms with van der Waals surface area (Å²) in [5.41, 5.74) is 1.39. The normalized spacial score (nSPS) is 27.0. The van der Waals surface area contributed by atoms with Gasteiger partial charge >= 0.3 is 0 Å². The van der Waals surface area contributed by atoms with Gasteiger partial charge in [0.15, 0.2) is 0 Å². The first-order chi connectivity index (χ1) is 18.0. The second-order valence-corrected chi connectivity index (χ2v) is 14.8. The molecule has 2 aromatic rings. The van der Waals surface area contributed by atoms with Gasteiger partial charge in [-0.25, -0.2) is 12.7 Å². The van der Waals surface area contributed by atoms with Gasteiger partial charge in [-0.2, -0.15) is 0 Å². The molecule has 0 aromatic heterocycles. The monoisotopic (exact) mass is 574 g/mol. The van der Waals surface area contributed by atoms with Gasteiger partial charge in [-0.3, -0.25) is 4.79 Å². The molecule has 0 radical (unpaired) electrons. The van der Waals surface area contributed by atoms with Gasteiger partial charge < -0.3 is 4.90 Å². The van der Waals surface area contributed by atoms with Crippen LogP contribution < -0.4 is 0 Å². The number of halogens is 2. The summed E-state index contributed by atoms with van der Waals surface area (Å²) in [5.74, 6) is 0.283. The lowest BCUT2D eigenvalue weighted by atomic mass is 9.67. The van der Waals surface area contributed by atoms with Crippen LogP contribution in [0.15, 0.2) is 61.2 Å². The molecular weight excluding hydrogens is 539 g/mol. The number of carbonyl (C=O) groups is 1.